The number of carbonyl (C=O) groups is 1. The van der Waals surface area contributed by atoms with E-state index in [4.69, 9.17) is 4.42 Å². The molecule has 0 aliphatic heterocycles. The fourth-order valence-corrected chi connectivity index (χ4v) is 2.64. The van der Waals surface area contributed by atoms with E-state index in [1.54, 1.807) is 11.9 Å². The van der Waals surface area contributed by atoms with E-state index >= 15 is 0 Å². The number of aromatic nitrogens is 3. The highest BCUT2D eigenvalue weighted by Crippen LogP contribution is 2.27. The fourth-order valence-electron chi connectivity index (χ4n) is 2.64. The molecule has 9 heteroatoms. The Hall–Kier alpha value is -3.23. The number of hydrogen-bond acceptors (Lipinski definition) is 6. The SMILES string of the molecule is CCc1oc2ccccc2c1CN(C)C(=O)Cn1cnc([N+](=O)[O-])n1. The van der Waals surface area contributed by atoms with Gasteiger partial charge in [-0.15, -0.1) is 0 Å². The Morgan fingerprint density at radius 3 is 2.84 bits per heavy atom. The highest BCUT2D eigenvalue weighted by atomic mass is 16.6. The van der Waals surface area contributed by atoms with Crippen LogP contribution in [0.4, 0.5) is 5.95 Å². The Bertz CT molecular complexity index is 930. The van der Waals surface area contributed by atoms with Crippen molar-refractivity contribution in [2.45, 2.75) is 26.4 Å². The molecule has 0 radical (unpaired) electrons. The zero-order valence-electron chi connectivity index (χ0n) is 13.9. The Balaban J connectivity index is 1.76. The number of para-hydroxylation sites is 1. The first-order chi connectivity index (χ1) is 12.0. The number of amides is 1. The van der Waals surface area contributed by atoms with Gasteiger partial charge in [0.15, 0.2) is 0 Å². The van der Waals surface area contributed by atoms with Crippen molar-refractivity contribution in [3.8, 4) is 0 Å². The molecule has 0 aliphatic rings. The van der Waals surface area contributed by atoms with Crippen molar-refractivity contribution in [3.05, 3.63) is 52.0 Å². The van der Waals surface area contributed by atoms with Crippen LogP contribution in [-0.2, 0) is 24.3 Å². The predicted molar refractivity (Wildman–Crippen MR) is 88.7 cm³/mol. The third-order valence-electron chi connectivity index (χ3n) is 3.91. The van der Waals surface area contributed by atoms with Crippen LogP contribution in [0.5, 0.6) is 0 Å². The van der Waals surface area contributed by atoms with Gasteiger partial charge in [-0.2, -0.15) is 4.68 Å². The number of likely N-dealkylation sites (N-methyl/N-ethyl adjacent to an activating group) is 1. The summed E-state index contributed by atoms with van der Waals surface area (Å²) in [6.07, 6.45) is 1.90. The fraction of sp³-hybridized carbons (Fsp3) is 0.312. The minimum atomic E-state index is -0.699. The van der Waals surface area contributed by atoms with Gasteiger partial charge in [-0.25, -0.2) is 0 Å². The highest BCUT2D eigenvalue weighted by Gasteiger charge is 2.20. The zero-order chi connectivity index (χ0) is 18.0. The summed E-state index contributed by atoms with van der Waals surface area (Å²) < 4.78 is 6.99. The van der Waals surface area contributed by atoms with Gasteiger partial charge in [0.2, 0.25) is 12.2 Å². The summed E-state index contributed by atoms with van der Waals surface area (Å²) in [6, 6.07) is 7.69. The smallest absolute Gasteiger partial charge is 0.461 e. The van der Waals surface area contributed by atoms with Crippen molar-refractivity contribution in [2.75, 3.05) is 7.05 Å². The van der Waals surface area contributed by atoms with Crippen LogP contribution in [0, 0.1) is 10.1 Å². The first-order valence-corrected chi connectivity index (χ1v) is 7.76. The second-order valence-electron chi connectivity index (χ2n) is 5.60. The van der Waals surface area contributed by atoms with Gasteiger partial charge in [-0.1, -0.05) is 30.1 Å². The molecule has 1 amide bonds. The van der Waals surface area contributed by atoms with Crippen molar-refractivity contribution in [2.24, 2.45) is 0 Å². The van der Waals surface area contributed by atoms with Gasteiger partial charge in [0.1, 0.15) is 17.9 Å². The van der Waals surface area contributed by atoms with Gasteiger partial charge in [0.05, 0.1) is 0 Å². The van der Waals surface area contributed by atoms with E-state index in [1.807, 2.05) is 31.2 Å². The molecule has 0 atom stereocenters. The maximum atomic E-state index is 12.4. The largest absolute Gasteiger partial charge is 0.490 e. The maximum Gasteiger partial charge on any atom is 0.490 e. The van der Waals surface area contributed by atoms with E-state index in [0.29, 0.717) is 6.54 Å². The number of nitrogens with zero attached hydrogens (tertiary/aromatic N) is 5. The Morgan fingerprint density at radius 2 is 2.16 bits per heavy atom. The third-order valence-corrected chi connectivity index (χ3v) is 3.91. The number of furan rings is 1. The first-order valence-electron chi connectivity index (χ1n) is 7.76. The van der Waals surface area contributed by atoms with Gasteiger partial charge in [-0.3, -0.25) is 4.79 Å². The number of hydrogen-bond donors (Lipinski definition) is 0. The van der Waals surface area contributed by atoms with Crippen molar-refractivity contribution in [3.63, 3.8) is 0 Å². The molecule has 0 N–H and O–H groups in total. The average molecular weight is 343 g/mol. The zero-order valence-corrected chi connectivity index (χ0v) is 13.9. The van der Waals surface area contributed by atoms with E-state index in [2.05, 4.69) is 10.1 Å². The Labute approximate surface area is 143 Å². The molecule has 3 aromatic rings. The Morgan fingerprint density at radius 1 is 1.40 bits per heavy atom. The second kappa shape index (κ2) is 6.71. The standard InChI is InChI=1S/C16H17N5O4/c1-3-13-12(11-6-4-5-7-14(11)25-13)8-19(2)15(22)9-20-10-17-16(18-20)21(23)24/h4-7,10H,3,8-9H2,1-2H3. The lowest BCUT2D eigenvalue weighted by Gasteiger charge is -2.16. The van der Waals surface area contributed by atoms with E-state index < -0.39 is 10.9 Å². The Kier molecular flexibility index (Phi) is 4.46. The summed E-state index contributed by atoms with van der Waals surface area (Å²) in [5.41, 5.74) is 1.76. The second-order valence-corrected chi connectivity index (χ2v) is 5.60. The molecule has 0 unspecified atom stereocenters. The number of nitro groups is 1. The number of carbonyl (C=O) groups excluding carboxylic acids is 1. The van der Waals surface area contributed by atoms with Gasteiger partial charge in [0.25, 0.3) is 0 Å². The number of benzene rings is 1. The molecule has 2 aromatic heterocycles. The lowest BCUT2D eigenvalue weighted by molar-refractivity contribution is -0.394. The molecule has 0 fully saturated rings. The maximum absolute atomic E-state index is 12.4. The van der Waals surface area contributed by atoms with E-state index in [1.165, 1.54) is 6.33 Å². The summed E-state index contributed by atoms with van der Waals surface area (Å²) in [7, 11) is 1.68. The van der Waals surface area contributed by atoms with Crippen molar-refractivity contribution in [1.82, 2.24) is 19.7 Å². The lowest BCUT2D eigenvalue weighted by Crippen LogP contribution is -2.30. The molecular formula is C16H17N5O4. The first kappa shape index (κ1) is 16.6. The van der Waals surface area contributed by atoms with Crippen LogP contribution in [0.2, 0.25) is 0 Å². The van der Waals surface area contributed by atoms with Crippen LogP contribution in [0.25, 0.3) is 11.0 Å². The van der Waals surface area contributed by atoms with Crippen LogP contribution < -0.4 is 0 Å². The average Bonchev–Trinajstić information content (AvgIpc) is 3.20. The molecule has 2 heterocycles. The number of aryl methyl sites for hydroxylation is 1. The molecule has 0 bridgehead atoms. The van der Waals surface area contributed by atoms with Gasteiger partial charge in [-0.05, 0) is 11.0 Å². The minimum Gasteiger partial charge on any atom is -0.461 e. The van der Waals surface area contributed by atoms with Crippen LogP contribution in [0.1, 0.15) is 18.2 Å². The van der Waals surface area contributed by atoms with Crippen molar-refractivity contribution >= 4 is 22.8 Å². The van der Waals surface area contributed by atoms with Gasteiger partial charge >= 0.3 is 5.95 Å². The molecule has 0 aliphatic carbocycles. The molecule has 130 valence electrons. The molecule has 0 spiro atoms. The molecular weight excluding hydrogens is 326 g/mol. The topological polar surface area (TPSA) is 107 Å². The quantitative estimate of drug-likeness (QED) is 0.501. The normalized spacial score (nSPS) is 11.0. The van der Waals surface area contributed by atoms with Crippen molar-refractivity contribution < 1.29 is 14.1 Å². The monoisotopic (exact) mass is 343 g/mol. The molecule has 1 aromatic carbocycles. The number of rotatable bonds is 6. The summed E-state index contributed by atoms with van der Waals surface area (Å²) in [5, 5.41) is 15.2. The molecule has 0 saturated carbocycles. The summed E-state index contributed by atoms with van der Waals surface area (Å²) in [4.78, 5) is 27.4. The number of fused-ring (bicyclic) bond motifs is 1. The summed E-state index contributed by atoms with van der Waals surface area (Å²) >= 11 is 0. The van der Waals surface area contributed by atoms with Crippen LogP contribution in [-0.4, -0.2) is 37.5 Å². The predicted octanol–water partition coefficient (Wildman–Crippen LogP) is 2.15. The third kappa shape index (κ3) is 3.35. The van der Waals surface area contributed by atoms with Crippen LogP contribution >= 0.6 is 0 Å². The van der Waals surface area contributed by atoms with E-state index in [9.17, 15) is 14.9 Å². The molecule has 25 heavy (non-hydrogen) atoms. The minimum absolute atomic E-state index is 0.116. The van der Waals surface area contributed by atoms with Crippen LogP contribution in [0.3, 0.4) is 0 Å². The lowest BCUT2D eigenvalue weighted by atomic mass is 10.1. The van der Waals surface area contributed by atoms with Crippen molar-refractivity contribution in [1.29, 1.82) is 0 Å². The summed E-state index contributed by atoms with van der Waals surface area (Å²) in [6.45, 7) is 2.27. The van der Waals surface area contributed by atoms with Crippen LogP contribution in [0.15, 0.2) is 35.0 Å². The molecule has 9 nitrogen and oxygen atoms in total. The highest BCUT2D eigenvalue weighted by molar-refractivity contribution is 5.83. The van der Waals surface area contributed by atoms with Gasteiger partial charge < -0.3 is 19.4 Å². The van der Waals surface area contributed by atoms with Gasteiger partial charge in [0, 0.05) is 36.1 Å². The molecule has 0 saturated heterocycles. The molecule has 3 rings (SSSR count). The van der Waals surface area contributed by atoms with E-state index in [0.717, 1.165) is 33.4 Å². The van der Waals surface area contributed by atoms with E-state index in [-0.39, 0.29) is 12.5 Å². The summed E-state index contributed by atoms with van der Waals surface area (Å²) in [5.74, 6) is 0.0916.